The van der Waals surface area contributed by atoms with Gasteiger partial charge in [0.15, 0.2) is 0 Å². The van der Waals surface area contributed by atoms with E-state index in [0.717, 1.165) is 16.0 Å². The van der Waals surface area contributed by atoms with Crippen molar-refractivity contribution in [2.75, 3.05) is 33.4 Å². The summed E-state index contributed by atoms with van der Waals surface area (Å²) in [6.45, 7) is -0.748. The lowest BCUT2D eigenvalue weighted by Gasteiger charge is -2.19. The predicted molar refractivity (Wildman–Crippen MR) is 131 cm³/mol. The van der Waals surface area contributed by atoms with E-state index in [4.69, 9.17) is 20.5 Å². The number of nitrogens with one attached hydrogen (secondary N) is 1. The van der Waals surface area contributed by atoms with Crippen LogP contribution in [0.2, 0.25) is 0 Å². The number of pyridine rings is 1. The molecule has 1 fully saturated rings. The summed E-state index contributed by atoms with van der Waals surface area (Å²) in [5.74, 6) is -3.30. The lowest BCUT2D eigenvalue weighted by atomic mass is 9.99. The number of nitrogens with zero attached hydrogens (tertiary/aromatic N) is 3. The molecule has 0 radical (unpaired) electrons. The lowest BCUT2D eigenvalue weighted by molar-refractivity contribution is -0.131. The molecule has 37 heavy (non-hydrogen) atoms. The largest absolute Gasteiger partial charge is 0.497 e. The van der Waals surface area contributed by atoms with Crippen LogP contribution in [-0.2, 0) is 4.79 Å². The van der Waals surface area contributed by atoms with Gasteiger partial charge < -0.3 is 25.4 Å². The van der Waals surface area contributed by atoms with E-state index in [-0.39, 0.29) is 5.56 Å². The predicted octanol–water partition coefficient (Wildman–Crippen LogP) is 2.74. The molecule has 9 nitrogen and oxygen atoms in total. The van der Waals surface area contributed by atoms with Crippen molar-refractivity contribution in [2.24, 2.45) is 5.73 Å². The number of methoxy groups -OCH3 is 1. The van der Waals surface area contributed by atoms with Crippen LogP contribution in [0.4, 0.5) is 8.78 Å². The van der Waals surface area contributed by atoms with Gasteiger partial charge in [-0.3, -0.25) is 14.6 Å². The highest BCUT2D eigenvalue weighted by molar-refractivity contribution is 6.07. The summed E-state index contributed by atoms with van der Waals surface area (Å²) in [6, 6.07) is 12.7. The van der Waals surface area contributed by atoms with E-state index in [1.807, 2.05) is 12.1 Å². The molecule has 0 unspecified atom stereocenters. The molecule has 11 heteroatoms. The molecule has 3 N–H and O–H groups in total. The molecule has 1 atom stereocenters. The summed E-state index contributed by atoms with van der Waals surface area (Å²) in [6.07, 6.45) is 0.748. The highest BCUT2D eigenvalue weighted by atomic mass is 19.3. The fourth-order valence-electron chi connectivity index (χ4n) is 4.22. The number of benzene rings is 2. The molecule has 1 saturated heterocycles. The molecule has 3 aromatic rings. The Labute approximate surface area is 211 Å². The third kappa shape index (κ3) is 5.59. The standard InChI is InChI=1S/C26H25F2N5O4/c1-36-18-3-4-19(23(11-18)37-9-7-29)16-2-5-22-21(10-16)20(6-8-31-22)25(35)32-14-24(34)33-15-26(27,28)12-17(33)13-30/h2-6,8,10-11,17H,7,9,12,14-15,29H2,1H3,(H,32,35)/t17-/m0/s1. The van der Waals surface area contributed by atoms with Gasteiger partial charge in [0.25, 0.3) is 11.8 Å². The van der Waals surface area contributed by atoms with Crippen molar-refractivity contribution in [3.05, 3.63) is 54.2 Å². The Morgan fingerprint density at radius 1 is 1.27 bits per heavy atom. The molecule has 0 bridgehead atoms. The zero-order valence-electron chi connectivity index (χ0n) is 20.0. The first-order valence-corrected chi connectivity index (χ1v) is 11.5. The van der Waals surface area contributed by atoms with E-state index >= 15 is 0 Å². The molecule has 2 amide bonds. The number of aromatic nitrogens is 1. The topological polar surface area (TPSA) is 131 Å². The first-order valence-electron chi connectivity index (χ1n) is 11.5. The van der Waals surface area contributed by atoms with Gasteiger partial charge in [-0.1, -0.05) is 6.07 Å². The summed E-state index contributed by atoms with van der Waals surface area (Å²) in [7, 11) is 1.55. The van der Waals surface area contributed by atoms with Crippen LogP contribution in [0, 0.1) is 11.3 Å². The van der Waals surface area contributed by atoms with E-state index in [0.29, 0.717) is 35.6 Å². The third-order valence-electron chi connectivity index (χ3n) is 6.00. The van der Waals surface area contributed by atoms with Crippen molar-refractivity contribution in [1.82, 2.24) is 15.2 Å². The van der Waals surface area contributed by atoms with Crippen molar-refractivity contribution in [2.45, 2.75) is 18.4 Å². The molecule has 0 spiro atoms. The van der Waals surface area contributed by atoms with E-state index in [9.17, 15) is 18.4 Å². The van der Waals surface area contributed by atoms with Crippen LogP contribution in [0.1, 0.15) is 16.8 Å². The number of rotatable bonds is 8. The number of likely N-dealkylation sites (tertiary alicyclic amines) is 1. The Hall–Kier alpha value is -4.30. The molecule has 2 aromatic carbocycles. The second-order valence-corrected chi connectivity index (χ2v) is 8.50. The van der Waals surface area contributed by atoms with Gasteiger partial charge in [-0.25, -0.2) is 8.78 Å². The highest BCUT2D eigenvalue weighted by Gasteiger charge is 2.47. The van der Waals surface area contributed by atoms with E-state index in [1.54, 1.807) is 37.4 Å². The normalized spacial score (nSPS) is 16.3. The fourth-order valence-corrected chi connectivity index (χ4v) is 4.22. The fraction of sp³-hybridized carbons (Fsp3) is 0.308. The van der Waals surface area contributed by atoms with Crippen LogP contribution in [0.3, 0.4) is 0 Å². The number of nitriles is 1. The van der Waals surface area contributed by atoms with Crippen molar-refractivity contribution >= 4 is 22.7 Å². The molecular formula is C26H25F2N5O4. The minimum Gasteiger partial charge on any atom is -0.497 e. The van der Waals surface area contributed by atoms with Gasteiger partial charge in [-0.05, 0) is 35.9 Å². The van der Waals surface area contributed by atoms with Crippen LogP contribution < -0.4 is 20.5 Å². The first-order chi connectivity index (χ1) is 17.8. The zero-order valence-corrected chi connectivity index (χ0v) is 20.0. The SMILES string of the molecule is COc1ccc(-c2ccc3nccc(C(=O)NCC(=O)N4CC(F)(F)C[C@H]4C#N)c3c2)c(OCCN)c1. The number of ether oxygens (including phenoxy) is 2. The number of alkyl halides is 2. The molecule has 0 saturated carbocycles. The maximum Gasteiger partial charge on any atom is 0.268 e. The number of carbonyl (C=O) groups excluding carboxylic acids is 2. The summed E-state index contributed by atoms with van der Waals surface area (Å²) < 4.78 is 38.5. The Morgan fingerprint density at radius 3 is 2.81 bits per heavy atom. The van der Waals surface area contributed by atoms with Crippen molar-refractivity contribution in [1.29, 1.82) is 5.26 Å². The van der Waals surface area contributed by atoms with Gasteiger partial charge in [0, 0.05) is 36.2 Å². The summed E-state index contributed by atoms with van der Waals surface area (Å²) in [4.78, 5) is 30.6. The molecule has 2 heterocycles. The summed E-state index contributed by atoms with van der Waals surface area (Å²) >= 11 is 0. The average molecular weight is 510 g/mol. The molecule has 192 valence electrons. The van der Waals surface area contributed by atoms with E-state index in [2.05, 4.69) is 10.3 Å². The Kier molecular flexibility index (Phi) is 7.50. The maximum absolute atomic E-state index is 13.7. The highest BCUT2D eigenvalue weighted by Crippen LogP contribution is 2.35. The molecule has 1 aromatic heterocycles. The molecule has 0 aliphatic carbocycles. The number of amides is 2. The van der Waals surface area contributed by atoms with Gasteiger partial charge in [0.1, 0.15) is 24.1 Å². The Balaban J connectivity index is 1.59. The number of nitrogens with two attached hydrogens (primary N) is 1. The van der Waals surface area contributed by atoms with Crippen LogP contribution in [0.15, 0.2) is 48.7 Å². The first kappa shape index (κ1) is 25.8. The molecule has 1 aliphatic heterocycles. The second-order valence-electron chi connectivity index (χ2n) is 8.50. The number of carbonyl (C=O) groups is 2. The third-order valence-corrected chi connectivity index (χ3v) is 6.00. The Bertz CT molecular complexity index is 1370. The number of hydrogen-bond donors (Lipinski definition) is 2. The van der Waals surface area contributed by atoms with Gasteiger partial charge in [0.05, 0.1) is 37.3 Å². The molecular weight excluding hydrogens is 484 g/mol. The molecule has 4 rings (SSSR count). The second kappa shape index (κ2) is 10.8. The van der Waals surface area contributed by atoms with Crippen LogP contribution in [0.25, 0.3) is 22.0 Å². The van der Waals surface area contributed by atoms with E-state index < -0.39 is 43.3 Å². The van der Waals surface area contributed by atoms with Gasteiger partial charge in [0.2, 0.25) is 5.91 Å². The van der Waals surface area contributed by atoms with E-state index in [1.165, 1.54) is 12.3 Å². The van der Waals surface area contributed by atoms with Crippen molar-refractivity contribution < 1.29 is 27.8 Å². The Morgan fingerprint density at radius 2 is 2.08 bits per heavy atom. The number of hydrogen-bond acceptors (Lipinski definition) is 7. The van der Waals surface area contributed by atoms with Crippen LogP contribution in [0.5, 0.6) is 11.5 Å². The zero-order chi connectivity index (χ0) is 26.6. The lowest BCUT2D eigenvalue weighted by Crippen LogP contribution is -2.43. The van der Waals surface area contributed by atoms with Crippen molar-refractivity contribution in [3.8, 4) is 28.7 Å². The van der Waals surface area contributed by atoms with Gasteiger partial charge in [-0.15, -0.1) is 0 Å². The van der Waals surface area contributed by atoms with Crippen LogP contribution in [-0.4, -0.2) is 67.0 Å². The smallest absolute Gasteiger partial charge is 0.268 e. The van der Waals surface area contributed by atoms with Gasteiger partial charge >= 0.3 is 0 Å². The average Bonchev–Trinajstić information content (AvgIpc) is 3.24. The van der Waals surface area contributed by atoms with Gasteiger partial charge in [-0.2, -0.15) is 5.26 Å². The number of halogens is 2. The van der Waals surface area contributed by atoms with Crippen LogP contribution >= 0.6 is 0 Å². The quantitative estimate of drug-likeness (QED) is 0.477. The monoisotopic (exact) mass is 509 g/mol. The minimum atomic E-state index is -3.13. The summed E-state index contributed by atoms with van der Waals surface area (Å²) in [5.41, 5.74) is 7.89. The maximum atomic E-state index is 13.7. The summed E-state index contributed by atoms with van der Waals surface area (Å²) in [5, 5.41) is 12.1. The minimum absolute atomic E-state index is 0.251. The van der Waals surface area contributed by atoms with Crippen molar-refractivity contribution in [3.63, 3.8) is 0 Å². The number of fused-ring (bicyclic) bond motifs is 1. The molecule has 1 aliphatic rings.